The molecule has 2 aromatic rings. The number of hydrogen-bond acceptors (Lipinski definition) is 8. The molecule has 0 bridgehead atoms. The SMILES string of the molecule is N/C(=C\NC1C(O)C(CO)OC(Sc2cncc(Br)c2)C1O)c1cc(F)c(Cl)c(F)c1. The molecule has 3 rings (SSSR count). The van der Waals surface area contributed by atoms with Gasteiger partial charge in [0, 0.05) is 33.5 Å². The zero-order valence-corrected chi connectivity index (χ0v) is 18.9. The van der Waals surface area contributed by atoms with Crippen molar-refractivity contribution in [1.82, 2.24) is 10.3 Å². The topological polar surface area (TPSA) is 121 Å². The summed E-state index contributed by atoms with van der Waals surface area (Å²) in [6.45, 7) is -0.493. The second kappa shape index (κ2) is 10.4. The predicted octanol–water partition coefficient (Wildman–Crippen LogP) is 2.22. The molecule has 1 aliphatic rings. The number of ether oxygens (including phenoxy) is 1. The minimum absolute atomic E-state index is 0.0211. The van der Waals surface area contributed by atoms with Crippen molar-refractivity contribution >= 4 is 45.0 Å². The van der Waals surface area contributed by atoms with Crippen molar-refractivity contribution in [3.8, 4) is 0 Å². The van der Waals surface area contributed by atoms with E-state index in [0.29, 0.717) is 4.90 Å². The van der Waals surface area contributed by atoms with Crippen molar-refractivity contribution in [3.05, 3.63) is 63.5 Å². The first-order valence-electron chi connectivity index (χ1n) is 8.97. The van der Waals surface area contributed by atoms with Crippen molar-refractivity contribution < 1.29 is 28.8 Å². The van der Waals surface area contributed by atoms with Crippen molar-refractivity contribution in [2.24, 2.45) is 5.73 Å². The van der Waals surface area contributed by atoms with Gasteiger partial charge in [-0.15, -0.1) is 0 Å². The molecule has 1 aromatic carbocycles. The van der Waals surface area contributed by atoms with Crippen LogP contribution < -0.4 is 11.1 Å². The number of aromatic nitrogens is 1. The third-order valence-corrected chi connectivity index (χ3v) is 6.48. The average molecular weight is 539 g/mol. The second-order valence-electron chi connectivity index (χ2n) is 6.71. The van der Waals surface area contributed by atoms with E-state index >= 15 is 0 Å². The van der Waals surface area contributed by atoms with Gasteiger partial charge in [0.05, 0.1) is 18.3 Å². The van der Waals surface area contributed by atoms with Crippen LogP contribution >= 0.6 is 39.3 Å². The standard InChI is InChI=1S/C19H19BrClF2N3O4S/c20-9-3-10(5-25-4-9)31-19-18(29)16(17(28)14(7-27)30-19)26-6-13(24)8-1-11(22)15(21)12(23)2-8/h1-6,14,16-19,26-29H,7,24H2/b13-6-. The molecule has 0 spiro atoms. The van der Waals surface area contributed by atoms with Crippen LogP contribution in [0.5, 0.6) is 0 Å². The summed E-state index contributed by atoms with van der Waals surface area (Å²) < 4.78 is 33.8. The lowest BCUT2D eigenvalue weighted by molar-refractivity contribution is -0.164. The molecule has 12 heteroatoms. The predicted molar refractivity (Wildman–Crippen MR) is 116 cm³/mol. The van der Waals surface area contributed by atoms with E-state index < -0.39 is 53.1 Å². The van der Waals surface area contributed by atoms with Gasteiger partial charge in [-0.3, -0.25) is 4.98 Å². The molecular formula is C19H19BrClF2N3O4S. The van der Waals surface area contributed by atoms with Crippen molar-refractivity contribution in [2.45, 2.75) is 34.7 Å². The number of hydrogen-bond donors (Lipinski definition) is 5. The van der Waals surface area contributed by atoms with E-state index in [1.807, 2.05) is 0 Å². The molecule has 31 heavy (non-hydrogen) atoms. The Morgan fingerprint density at radius 1 is 1.26 bits per heavy atom. The van der Waals surface area contributed by atoms with Gasteiger partial charge in [-0.2, -0.15) is 0 Å². The number of thioether (sulfide) groups is 1. The number of nitrogens with one attached hydrogen (secondary N) is 1. The number of aliphatic hydroxyl groups is 3. The fourth-order valence-corrected chi connectivity index (χ4v) is 4.68. The van der Waals surface area contributed by atoms with Gasteiger partial charge in [-0.05, 0) is 34.1 Å². The summed E-state index contributed by atoms with van der Waals surface area (Å²) in [6, 6.07) is 2.71. The molecule has 1 aliphatic heterocycles. The van der Waals surface area contributed by atoms with Gasteiger partial charge in [0.1, 0.15) is 40.4 Å². The molecule has 0 saturated carbocycles. The van der Waals surface area contributed by atoms with Crippen molar-refractivity contribution in [1.29, 1.82) is 0 Å². The Morgan fingerprint density at radius 3 is 2.55 bits per heavy atom. The molecule has 6 N–H and O–H groups in total. The number of pyridine rings is 1. The van der Waals surface area contributed by atoms with Crippen LogP contribution in [0.4, 0.5) is 8.78 Å². The lowest BCUT2D eigenvalue weighted by atomic mass is 9.97. The van der Waals surface area contributed by atoms with Crippen molar-refractivity contribution in [3.63, 3.8) is 0 Å². The number of rotatable bonds is 6. The summed E-state index contributed by atoms with van der Waals surface area (Å²) in [4.78, 5) is 4.73. The van der Waals surface area contributed by atoms with Gasteiger partial charge in [-0.25, -0.2) is 8.78 Å². The molecule has 5 unspecified atom stereocenters. The molecule has 0 aliphatic carbocycles. The average Bonchev–Trinajstić information content (AvgIpc) is 2.73. The summed E-state index contributed by atoms with van der Waals surface area (Å²) in [5.41, 5.74) is 5.01. The summed E-state index contributed by atoms with van der Waals surface area (Å²) in [5, 5.41) is 33.0. The van der Waals surface area contributed by atoms with E-state index in [4.69, 9.17) is 22.1 Å². The van der Waals surface area contributed by atoms with Crippen LogP contribution in [0.25, 0.3) is 5.70 Å². The van der Waals surface area contributed by atoms with Crippen LogP contribution in [0.2, 0.25) is 5.02 Å². The molecule has 0 amide bonds. The maximum atomic E-state index is 13.7. The Balaban J connectivity index is 1.80. The molecule has 2 heterocycles. The quantitative estimate of drug-likeness (QED) is 0.355. The van der Waals surface area contributed by atoms with E-state index in [9.17, 15) is 24.1 Å². The van der Waals surface area contributed by atoms with Gasteiger partial charge in [0.25, 0.3) is 0 Å². The largest absolute Gasteiger partial charge is 0.397 e. The zero-order valence-electron chi connectivity index (χ0n) is 15.8. The Labute approximate surface area is 194 Å². The van der Waals surface area contributed by atoms with Gasteiger partial charge in [0.15, 0.2) is 0 Å². The van der Waals surface area contributed by atoms with Crippen LogP contribution in [0, 0.1) is 11.6 Å². The summed E-state index contributed by atoms with van der Waals surface area (Å²) in [6.07, 6.45) is 0.877. The minimum atomic E-state index is -1.29. The Kier molecular flexibility index (Phi) is 8.14. The van der Waals surface area contributed by atoms with E-state index in [0.717, 1.165) is 28.4 Å². The van der Waals surface area contributed by atoms with Gasteiger partial charge >= 0.3 is 0 Å². The van der Waals surface area contributed by atoms with Crippen LogP contribution in [-0.4, -0.2) is 56.7 Å². The Bertz CT molecular complexity index is 950. The van der Waals surface area contributed by atoms with Crippen molar-refractivity contribution in [2.75, 3.05) is 6.61 Å². The normalized spacial score (nSPS) is 26.7. The molecule has 1 aromatic heterocycles. The summed E-state index contributed by atoms with van der Waals surface area (Å²) in [7, 11) is 0. The number of nitrogens with zero attached hydrogens (tertiary/aromatic N) is 1. The number of aliphatic hydroxyl groups excluding tert-OH is 3. The first kappa shape index (κ1) is 24.2. The Hall–Kier alpha value is -1.47. The third kappa shape index (κ3) is 5.67. The smallest absolute Gasteiger partial charge is 0.145 e. The van der Waals surface area contributed by atoms with E-state index in [1.54, 1.807) is 18.5 Å². The fraction of sp³-hybridized carbons (Fsp3) is 0.316. The maximum Gasteiger partial charge on any atom is 0.145 e. The van der Waals surface area contributed by atoms with Crippen LogP contribution in [0.15, 0.2) is 46.2 Å². The highest BCUT2D eigenvalue weighted by atomic mass is 79.9. The fourth-order valence-electron chi connectivity index (χ4n) is 2.96. The molecule has 1 fully saturated rings. The van der Waals surface area contributed by atoms with E-state index in [-0.39, 0.29) is 11.3 Å². The molecule has 1 saturated heterocycles. The van der Waals surface area contributed by atoms with E-state index in [2.05, 4.69) is 26.2 Å². The molecule has 7 nitrogen and oxygen atoms in total. The highest BCUT2D eigenvalue weighted by Gasteiger charge is 2.44. The highest BCUT2D eigenvalue weighted by molar-refractivity contribution is 9.10. The highest BCUT2D eigenvalue weighted by Crippen LogP contribution is 2.34. The first-order valence-corrected chi connectivity index (χ1v) is 11.0. The lowest BCUT2D eigenvalue weighted by Gasteiger charge is -2.42. The number of nitrogens with two attached hydrogens (primary N) is 1. The summed E-state index contributed by atoms with van der Waals surface area (Å²) >= 11 is 9.94. The van der Waals surface area contributed by atoms with Crippen LogP contribution in [0.1, 0.15) is 5.56 Å². The Morgan fingerprint density at radius 2 is 1.94 bits per heavy atom. The lowest BCUT2D eigenvalue weighted by Crippen LogP contribution is -2.62. The molecule has 168 valence electrons. The third-order valence-electron chi connectivity index (χ3n) is 4.56. The van der Waals surface area contributed by atoms with Crippen LogP contribution in [0.3, 0.4) is 0 Å². The van der Waals surface area contributed by atoms with Gasteiger partial charge in [-0.1, -0.05) is 23.4 Å². The van der Waals surface area contributed by atoms with E-state index in [1.165, 1.54) is 6.20 Å². The maximum absolute atomic E-state index is 13.7. The monoisotopic (exact) mass is 537 g/mol. The zero-order chi connectivity index (χ0) is 22.7. The number of halogens is 4. The minimum Gasteiger partial charge on any atom is -0.397 e. The molecular weight excluding hydrogens is 520 g/mol. The number of benzene rings is 1. The second-order valence-corrected chi connectivity index (χ2v) is 9.17. The molecule has 0 radical (unpaired) electrons. The van der Waals surface area contributed by atoms with Gasteiger partial charge in [0.2, 0.25) is 0 Å². The summed E-state index contributed by atoms with van der Waals surface area (Å²) in [5.74, 6) is -1.95. The van der Waals surface area contributed by atoms with Gasteiger partial charge < -0.3 is 31.1 Å². The molecule has 5 atom stereocenters. The van der Waals surface area contributed by atoms with Crippen LogP contribution in [-0.2, 0) is 4.74 Å². The first-order chi connectivity index (χ1) is 14.7.